The molecule has 4 nitrogen and oxygen atoms in total. The lowest BCUT2D eigenvalue weighted by atomic mass is 10.2. The first-order chi connectivity index (χ1) is 10.1. The summed E-state index contributed by atoms with van der Waals surface area (Å²) in [6.45, 7) is 5.47. The van der Waals surface area contributed by atoms with E-state index in [2.05, 4.69) is 14.8 Å². The minimum absolute atomic E-state index is 0.200. The summed E-state index contributed by atoms with van der Waals surface area (Å²) in [6, 6.07) is 8.58. The lowest BCUT2D eigenvalue weighted by Gasteiger charge is -2.37. The minimum Gasteiger partial charge on any atom is -0.396 e. The van der Waals surface area contributed by atoms with Crippen LogP contribution in [0.25, 0.3) is 0 Å². The van der Waals surface area contributed by atoms with E-state index in [1.54, 1.807) is 6.20 Å². The van der Waals surface area contributed by atoms with Crippen molar-refractivity contribution in [2.45, 2.75) is 6.92 Å². The number of aryl methyl sites for hydroxylation is 1. The summed E-state index contributed by atoms with van der Waals surface area (Å²) in [7, 11) is 0. The molecule has 0 unspecified atom stereocenters. The molecule has 0 saturated carbocycles. The highest BCUT2D eigenvalue weighted by molar-refractivity contribution is 5.67. The van der Waals surface area contributed by atoms with Gasteiger partial charge in [-0.3, -0.25) is 0 Å². The molecule has 0 atom stereocenters. The van der Waals surface area contributed by atoms with Crippen molar-refractivity contribution in [1.82, 2.24) is 4.98 Å². The molecular formula is C16H19FN4. The Morgan fingerprint density at radius 3 is 2.29 bits per heavy atom. The maximum absolute atomic E-state index is 13.0. The van der Waals surface area contributed by atoms with Crippen LogP contribution in [0.4, 0.5) is 21.6 Å². The predicted octanol–water partition coefficient (Wildman–Crippen LogP) is 2.44. The molecule has 2 N–H and O–H groups in total. The summed E-state index contributed by atoms with van der Waals surface area (Å²) in [5.41, 5.74) is 8.99. The fraction of sp³-hybridized carbons (Fsp3) is 0.312. The van der Waals surface area contributed by atoms with Crippen molar-refractivity contribution in [3.05, 3.63) is 47.9 Å². The van der Waals surface area contributed by atoms with Gasteiger partial charge in [-0.15, -0.1) is 0 Å². The van der Waals surface area contributed by atoms with Crippen LogP contribution >= 0.6 is 0 Å². The topological polar surface area (TPSA) is 45.4 Å². The van der Waals surface area contributed by atoms with Gasteiger partial charge in [-0.1, -0.05) is 0 Å². The van der Waals surface area contributed by atoms with Gasteiger partial charge in [-0.05, 0) is 42.8 Å². The Bertz CT molecular complexity index is 619. The normalized spacial score (nSPS) is 15.3. The van der Waals surface area contributed by atoms with Crippen LogP contribution < -0.4 is 15.5 Å². The van der Waals surface area contributed by atoms with Gasteiger partial charge in [0.2, 0.25) is 0 Å². The van der Waals surface area contributed by atoms with E-state index in [0.717, 1.165) is 48.9 Å². The van der Waals surface area contributed by atoms with E-state index in [-0.39, 0.29) is 5.82 Å². The van der Waals surface area contributed by atoms with Crippen molar-refractivity contribution in [1.29, 1.82) is 0 Å². The summed E-state index contributed by atoms with van der Waals surface area (Å²) >= 11 is 0. The quantitative estimate of drug-likeness (QED) is 0.921. The molecule has 110 valence electrons. The number of halogens is 1. The van der Waals surface area contributed by atoms with Gasteiger partial charge in [0, 0.05) is 38.1 Å². The smallest absolute Gasteiger partial charge is 0.152 e. The molecule has 5 heteroatoms. The van der Waals surface area contributed by atoms with Gasteiger partial charge in [-0.25, -0.2) is 9.37 Å². The third-order valence-corrected chi connectivity index (χ3v) is 3.96. The average molecular weight is 286 g/mol. The Kier molecular flexibility index (Phi) is 3.64. The van der Waals surface area contributed by atoms with Gasteiger partial charge in [0.25, 0.3) is 0 Å². The van der Waals surface area contributed by atoms with Crippen molar-refractivity contribution in [3.8, 4) is 0 Å². The number of nitrogen functional groups attached to an aromatic ring is 1. The van der Waals surface area contributed by atoms with Gasteiger partial charge in [0.05, 0.1) is 5.69 Å². The highest BCUT2D eigenvalue weighted by atomic mass is 19.1. The number of piperazine rings is 1. The second kappa shape index (κ2) is 5.60. The van der Waals surface area contributed by atoms with Crippen molar-refractivity contribution in [2.24, 2.45) is 0 Å². The van der Waals surface area contributed by atoms with Crippen molar-refractivity contribution >= 4 is 17.2 Å². The van der Waals surface area contributed by atoms with Crippen LogP contribution in [0.1, 0.15) is 5.56 Å². The second-order valence-electron chi connectivity index (χ2n) is 5.32. The van der Waals surface area contributed by atoms with Crippen LogP contribution in [0, 0.1) is 12.7 Å². The molecule has 0 amide bonds. The second-order valence-corrected chi connectivity index (χ2v) is 5.32. The van der Waals surface area contributed by atoms with E-state index >= 15 is 0 Å². The predicted molar refractivity (Wildman–Crippen MR) is 84.2 cm³/mol. The van der Waals surface area contributed by atoms with Crippen LogP contribution in [-0.4, -0.2) is 31.2 Å². The first-order valence-electron chi connectivity index (χ1n) is 7.11. The number of aromatic nitrogens is 1. The Balaban J connectivity index is 1.70. The van der Waals surface area contributed by atoms with Crippen molar-refractivity contribution < 1.29 is 4.39 Å². The first-order valence-corrected chi connectivity index (χ1v) is 7.11. The number of nitrogens with two attached hydrogens (primary N) is 1. The molecule has 1 fully saturated rings. The van der Waals surface area contributed by atoms with E-state index < -0.39 is 0 Å². The van der Waals surface area contributed by atoms with Crippen LogP contribution in [-0.2, 0) is 0 Å². The fourth-order valence-electron chi connectivity index (χ4n) is 2.64. The van der Waals surface area contributed by atoms with Crippen LogP contribution in [0.2, 0.25) is 0 Å². The monoisotopic (exact) mass is 286 g/mol. The number of anilines is 3. The Labute approximate surface area is 124 Å². The van der Waals surface area contributed by atoms with Crippen molar-refractivity contribution in [3.63, 3.8) is 0 Å². The minimum atomic E-state index is -0.200. The number of benzene rings is 1. The SMILES string of the molecule is Cc1ccnc(N2CCN(c3ccc(F)cc3)CC2)c1N. The maximum Gasteiger partial charge on any atom is 0.152 e. The zero-order chi connectivity index (χ0) is 14.8. The van der Waals surface area contributed by atoms with E-state index in [9.17, 15) is 4.39 Å². The molecule has 0 bridgehead atoms. The lowest BCUT2D eigenvalue weighted by Crippen LogP contribution is -2.47. The largest absolute Gasteiger partial charge is 0.396 e. The highest BCUT2D eigenvalue weighted by Crippen LogP contribution is 2.25. The summed E-state index contributed by atoms with van der Waals surface area (Å²) in [6.07, 6.45) is 1.80. The third-order valence-electron chi connectivity index (χ3n) is 3.96. The van der Waals surface area contributed by atoms with E-state index in [1.165, 1.54) is 12.1 Å². The Hall–Kier alpha value is -2.30. The van der Waals surface area contributed by atoms with E-state index in [4.69, 9.17) is 5.73 Å². The van der Waals surface area contributed by atoms with Gasteiger partial charge < -0.3 is 15.5 Å². The zero-order valence-corrected chi connectivity index (χ0v) is 12.1. The summed E-state index contributed by atoms with van der Waals surface area (Å²) in [4.78, 5) is 8.87. The third kappa shape index (κ3) is 2.77. The molecule has 1 aliphatic heterocycles. The van der Waals surface area contributed by atoms with Gasteiger partial charge in [-0.2, -0.15) is 0 Å². The van der Waals surface area contributed by atoms with Gasteiger partial charge >= 0.3 is 0 Å². The molecule has 0 aliphatic carbocycles. The molecule has 3 rings (SSSR count). The molecule has 21 heavy (non-hydrogen) atoms. The molecule has 1 aromatic heterocycles. The summed E-state index contributed by atoms with van der Waals surface area (Å²) in [5, 5.41) is 0. The lowest BCUT2D eigenvalue weighted by molar-refractivity contribution is 0.624. The van der Waals surface area contributed by atoms with E-state index in [0.29, 0.717) is 0 Å². The van der Waals surface area contributed by atoms with Crippen molar-refractivity contribution in [2.75, 3.05) is 41.7 Å². The van der Waals surface area contributed by atoms with Crippen LogP contribution in [0.5, 0.6) is 0 Å². The Morgan fingerprint density at radius 2 is 1.62 bits per heavy atom. The molecule has 2 aromatic rings. The number of pyridine rings is 1. The summed E-state index contributed by atoms with van der Waals surface area (Å²) < 4.78 is 13.0. The molecule has 1 aromatic carbocycles. The molecule has 0 spiro atoms. The highest BCUT2D eigenvalue weighted by Gasteiger charge is 2.20. The van der Waals surface area contributed by atoms with Crippen LogP contribution in [0.15, 0.2) is 36.5 Å². The number of hydrogen-bond acceptors (Lipinski definition) is 4. The zero-order valence-electron chi connectivity index (χ0n) is 12.1. The van der Waals surface area contributed by atoms with E-state index in [1.807, 2.05) is 25.1 Å². The molecular weight excluding hydrogens is 267 g/mol. The van der Waals surface area contributed by atoms with Gasteiger partial charge in [0.15, 0.2) is 5.82 Å². The average Bonchev–Trinajstić information content (AvgIpc) is 2.51. The Morgan fingerprint density at radius 1 is 1.00 bits per heavy atom. The summed E-state index contributed by atoms with van der Waals surface area (Å²) in [5.74, 6) is 0.669. The maximum atomic E-state index is 13.0. The molecule has 1 saturated heterocycles. The number of hydrogen-bond donors (Lipinski definition) is 1. The fourth-order valence-corrected chi connectivity index (χ4v) is 2.64. The number of nitrogens with zero attached hydrogens (tertiary/aromatic N) is 3. The first kappa shape index (κ1) is 13.7. The molecule has 1 aliphatic rings. The molecule has 2 heterocycles. The van der Waals surface area contributed by atoms with Gasteiger partial charge in [0.1, 0.15) is 5.82 Å². The standard InChI is InChI=1S/C16H19FN4/c1-12-6-7-19-16(15(12)18)21-10-8-20(9-11-21)14-4-2-13(17)3-5-14/h2-7H,8-11,18H2,1H3. The van der Waals surface area contributed by atoms with Crippen LogP contribution in [0.3, 0.4) is 0 Å². The number of rotatable bonds is 2. The molecule has 0 radical (unpaired) electrons.